The van der Waals surface area contributed by atoms with Crippen LogP contribution >= 0.6 is 22.9 Å². The van der Waals surface area contributed by atoms with Gasteiger partial charge < -0.3 is 4.74 Å². The van der Waals surface area contributed by atoms with E-state index in [0.29, 0.717) is 12.4 Å². The van der Waals surface area contributed by atoms with Crippen LogP contribution in [0.5, 0.6) is 0 Å². The lowest BCUT2D eigenvalue weighted by atomic mass is 10.5. The van der Waals surface area contributed by atoms with Crippen LogP contribution in [-0.4, -0.2) is 26.9 Å². The van der Waals surface area contributed by atoms with Gasteiger partial charge in [0, 0.05) is 7.11 Å². The molecular formula is C7H9ClN4OS. The Hall–Kier alpha value is -0.720. The summed E-state index contributed by atoms with van der Waals surface area (Å²) in [5, 5.41) is 12.9. The molecular weight excluding hydrogens is 224 g/mol. The Morgan fingerprint density at radius 1 is 1.57 bits per heavy atom. The van der Waals surface area contributed by atoms with Crippen LogP contribution in [-0.2, 0) is 11.3 Å². The van der Waals surface area contributed by atoms with Gasteiger partial charge >= 0.3 is 0 Å². The summed E-state index contributed by atoms with van der Waals surface area (Å²) in [6, 6.07) is 0. The third-order valence-electron chi connectivity index (χ3n) is 1.68. The zero-order valence-electron chi connectivity index (χ0n) is 7.77. The molecule has 0 aliphatic carbocycles. The molecule has 2 aromatic rings. The first-order valence-electron chi connectivity index (χ1n) is 4.06. The number of methoxy groups -OCH3 is 1. The third kappa shape index (κ3) is 1.60. The van der Waals surface area contributed by atoms with Crippen molar-refractivity contribution in [3.63, 3.8) is 0 Å². The quantitative estimate of drug-likeness (QED) is 0.755. The lowest BCUT2D eigenvalue weighted by Crippen LogP contribution is -1.98. The predicted molar refractivity (Wildman–Crippen MR) is 53.6 cm³/mol. The molecule has 76 valence electrons. The maximum Gasteiger partial charge on any atom is 0.234 e. The second-order valence-electron chi connectivity index (χ2n) is 2.80. The Morgan fingerprint density at radius 2 is 2.36 bits per heavy atom. The van der Waals surface area contributed by atoms with Crippen molar-refractivity contribution in [2.75, 3.05) is 7.11 Å². The molecule has 0 saturated carbocycles. The molecule has 0 N–H and O–H groups in total. The fourth-order valence-corrected chi connectivity index (χ4v) is 2.02. The first-order valence-corrected chi connectivity index (χ1v) is 5.31. The lowest BCUT2D eigenvalue weighted by Gasteiger charge is -1.94. The normalized spacial score (nSPS) is 13.6. The average molecular weight is 233 g/mol. The van der Waals surface area contributed by atoms with Gasteiger partial charge in [0.25, 0.3) is 0 Å². The standard InChI is InChI=1S/C7H9ClN4OS/c1-4(8)6-11-12-5(3-13-2)9-10-7(12)14-6/h4H,3H2,1-2H3. The van der Waals surface area contributed by atoms with Crippen molar-refractivity contribution in [2.24, 2.45) is 0 Å². The molecule has 0 aromatic carbocycles. The molecule has 0 spiro atoms. The molecule has 14 heavy (non-hydrogen) atoms. The molecule has 0 saturated heterocycles. The highest BCUT2D eigenvalue weighted by Gasteiger charge is 2.13. The van der Waals surface area contributed by atoms with E-state index in [-0.39, 0.29) is 5.38 Å². The summed E-state index contributed by atoms with van der Waals surface area (Å²) >= 11 is 7.36. The van der Waals surface area contributed by atoms with E-state index in [9.17, 15) is 0 Å². The van der Waals surface area contributed by atoms with Crippen molar-refractivity contribution in [3.8, 4) is 0 Å². The first kappa shape index (κ1) is 9.82. The molecule has 2 aromatic heterocycles. The number of rotatable bonds is 3. The molecule has 7 heteroatoms. The molecule has 0 aliphatic rings. The Labute approximate surface area is 89.7 Å². The van der Waals surface area contributed by atoms with Gasteiger partial charge in [-0.05, 0) is 6.92 Å². The number of alkyl halides is 1. The third-order valence-corrected chi connectivity index (χ3v) is 3.10. The summed E-state index contributed by atoms with van der Waals surface area (Å²) in [4.78, 5) is 0.750. The average Bonchev–Trinajstić information content (AvgIpc) is 2.67. The predicted octanol–water partition coefficient (Wildman–Crippen LogP) is 1.63. The number of aromatic nitrogens is 4. The van der Waals surface area contributed by atoms with Crippen molar-refractivity contribution in [1.82, 2.24) is 19.8 Å². The smallest absolute Gasteiger partial charge is 0.234 e. The fourth-order valence-electron chi connectivity index (χ4n) is 1.05. The van der Waals surface area contributed by atoms with Gasteiger partial charge in [0.15, 0.2) is 5.82 Å². The fraction of sp³-hybridized carbons (Fsp3) is 0.571. The van der Waals surface area contributed by atoms with Crippen LogP contribution in [0.15, 0.2) is 0 Å². The largest absolute Gasteiger partial charge is 0.377 e. The maximum atomic E-state index is 5.92. The zero-order valence-corrected chi connectivity index (χ0v) is 9.34. The summed E-state index contributed by atoms with van der Waals surface area (Å²) in [7, 11) is 1.61. The summed E-state index contributed by atoms with van der Waals surface area (Å²) in [5.41, 5.74) is 0. The summed E-state index contributed by atoms with van der Waals surface area (Å²) in [5.74, 6) is 0.697. The minimum atomic E-state index is -0.0999. The van der Waals surface area contributed by atoms with E-state index in [0.717, 1.165) is 9.97 Å². The van der Waals surface area contributed by atoms with E-state index in [1.165, 1.54) is 11.3 Å². The topological polar surface area (TPSA) is 52.3 Å². The first-order chi connectivity index (χ1) is 6.72. The molecule has 2 rings (SSSR count). The monoisotopic (exact) mass is 232 g/mol. The summed E-state index contributed by atoms with van der Waals surface area (Å²) < 4.78 is 6.64. The lowest BCUT2D eigenvalue weighted by molar-refractivity contribution is 0.176. The Morgan fingerprint density at radius 3 is 3.00 bits per heavy atom. The van der Waals surface area contributed by atoms with E-state index < -0.39 is 0 Å². The van der Waals surface area contributed by atoms with Gasteiger partial charge in [-0.3, -0.25) is 0 Å². The minimum absolute atomic E-state index is 0.0999. The number of hydrogen-bond acceptors (Lipinski definition) is 5. The number of hydrogen-bond donors (Lipinski definition) is 0. The Kier molecular flexibility index (Phi) is 2.66. The van der Waals surface area contributed by atoms with Crippen LogP contribution in [0.4, 0.5) is 0 Å². The molecule has 0 amide bonds. The number of ether oxygens (including phenoxy) is 1. The number of fused-ring (bicyclic) bond motifs is 1. The summed E-state index contributed by atoms with van der Waals surface area (Å²) in [6.07, 6.45) is 0. The molecule has 0 fully saturated rings. The van der Waals surface area contributed by atoms with Crippen LogP contribution in [0.1, 0.15) is 23.1 Å². The van der Waals surface area contributed by atoms with Gasteiger partial charge in [-0.25, -0.2) is 0 Å². The van der Waals surface area contributed by atoms with Crippen LogP contribution in [0.3, 0.4) is 0 Å². The van der Waals surface area contributed by atoms with Crippen molar-refractivity contribution >= 4 is 27.9 Å². The molecule has 5 nitrogen and oxygen atoms in total. The van der Waals surface area contributed by atoms with Crippen molar-refractivity contribution in [3.05, 3.63) is 10.8 Å². The van der Waals surface area contributed by atoms with Crippen LogP contribution in [0.2, 0.25) is 0 Å². The number of halogens is 1. The molecule has 1 atom stereocenters. The maximum absolute atomic E-state index is 5.92. The van der Waals surface area contributed by atoms with E-state index >= 15 is 0 Å². The van der Waals surface area contributed by atoms with Gasteiger partial charge in [0.1, 0.15) is 11.6 Å². The Bertz CT molecular complexity index is 438. The van der Waals surface area contributed by atoms with Gasteiger partial charge in [0.2, 0.25) is 4.96 Å². The van der Waals surface area contributed by atoms with Crippen molar-refractivity contribution < 1.29 is 4.74 Å². The minimum Gasteiger partial charge on any atom is -0.377 e. The van der Waals surface area contributed by atoms with E-state index in [4.69, 9.17) is 16.3 Å². The van der Waals surface area contributed by atoms with Gasteiger partial charge in [-0.1, -0.05) is 11.3 Å². The molecule has 1 unspecified atom stereocenters. The van der Waals surface area contributed by atoms with Gasteiger partial charge in [-0.15, -0.1) is 21.8 Å². The van der Waals surface area contributed by atoms with Crippen LogP contribution in [0, 0.1) is 0 Å². The zero-order chi connectivity index (χ0) is 10.1. The van der Waals surface area contributed by atoms with E-state index in [1.54, 1.807) is 11.6 Å². The van der Waals surface area contributed by atoms with E-state index in [1.807, 2.05) is 6.92 Å². The highest BCUT2D eigenvalue weighted by molar-refractivity contribution is 7.16. The molecule has 2 heterocycles. The van der Waals surface area contributed by atoms with Crippen LogP contribution in [0.25, 0.3) is 4.96 Å². The second kappa shape index (κ2) is 3.80. The molecule has 0 radical (unpaired) electrons. The SMILES string of the molecule is COCc1nnc2sc(C(C)Cl)nn12. The highest BCUT2D eigenvalue weighted by atomic mass is 35.5. The van der Waals surface area contributed by atoms with Crippen LogP contribution < -0.4 is 0 Å². The second-order valence-corrected chi connectivity index (χ2v) is 4.44. The van der Waals surface area contributed by atoms with Gasteiger partial charge in [0.05, 0.1) is 5.38 Å². The van der Waals surface area contributed by atoms with Crippen molar-refractivity contribution in [2.45, 2.75) is 18.9 Å². The van der Waals surface area contributed by atoms with Crippen molar-refractivity contribution in [1.29, 1.82) is 0 Å². The summed E-state index contributed by atoms with van der Waals surface area (Å²) in [6.45, 7) is 2.28. The number of nitrogens with zero attached hydrogens (tertiary/aromatic N) is 4. The van der Waals surface area contributed by atoms with E-state index in [2.05, 4.69) is 15.3 Å². The molecule has 0 aliphatic heterocycles. The molecule has 0 bridgehead atoms. The van der Waals surface area contributed by atoms with Gasteiger partial charge in [-0.2, -0.15) is 9.61 Å². The Balaban J connectivity index is 2.45. The highest BCUT2D eigenvalue weighted by Crippen LogP contribution is 2.24.